The van der Waals surface area contributed by atoms with E-state index in [4.69, 9.17) is 4.42 Å². The fraction of sp³-hybridized carbons (Fsp3) is 0.261. The molecule has 1 aromatic heterocycles. The summed E-state index contributed by atoms with van der Waals surface area (Å²) in [6, 6.07) is 17.0. The highest BCUT2D eigenvalue weighted by Gasteiger charge is 2.44. The van der Waals surface area contributed by atoms with Gasteiger partial charge >= 0.3 is 5.97 Å². The van der Waals surface area contributed by atoms with E-state index in [0.717, 1.165) is 16.7 Å². The molecule has 6 nitrogen and oxygen atoms in total. The Labute approximate surface area is 168 Å². The van der Waals surface area contributed by atoms with Crippen molar-refractivity contribution in [3.8, 4) is 11.3 Å². The van der Waals surface area contributed by atoms with Crippen molar-refractivity contribution < 1.29 is 19.1 Å². The van der Waals surface area contributed by atoms with Gasteiger partial charge < -0.3 is 14.4 Å². The number of piperidine rings is 1. The third-order valence-corrected chi connectivity index (χ3v) is 5.72. The highest BCUT2D eigenvalue weighted by molar-refractivity contribution is 5.98. The lowest BCUT2D eigenvalue weighted by molar-refractivity contribution is -0.145. The first-order valence-corrected chi connectivity index (χ1v) is 9.60. The molecule has 2 aromatic carbocycles. The van der Waals surface area contributed by atoms with Gasteiger partial charge in [0.2, 0.25) is 0 Å². The second kappa shape index (κ2) is 7.54. The number of hydrogen-bond donors (Lipinski definition) is 1. The summed E-state index contributed by atoms with van der Waals surface area (Å²) in [6.07, 6.45) is 1.99. The van der Waals surface area contributed by atoms with Crippen molar-refractivity contribution in [2.75, 3.05) is 13.1 Å². The van der Waals surface area contributed by atoms with E-state index in [1.807, 2.05) is 61.5 Å². The van der Waals surface area contributed by atoms with Crippen molar-refractivity contribution in [1.29, 1.82) is 0 Å². The maximum atomic E-state index is 13.1. The first-order chi connectivity index (χ1) is 14.0. The average molecular weight is 390 g/mol. The topological polar surface area (TPSA) is 83.6 Å². The normalized spacial score (nSPS) is 15.8. The van der Waals surface area contributed by atoms with Gasteiger partial charge in [-0.05, 0) is 25.3 Å². The molecule has 6 heteroatoms. The molecule has 1 aliphatic rings. The maximum absolute atomic E-state index is 13.1. The van der Waals surface area contributed by atoms with Crippen LogP contribution in [0.25, 0.3) is 11.3 Å². The molecule has 0 bridgehead atoms. The minimum atomic E-state index is -0.971. The van der Waals surface area contributed by atoms with Crippen LogP contribution in [0.15, 0.2) is 65.4 Å². The second-order valence-electron chi connectivity index (χ2n) is 7.44. The van der Waals surface area contributed by atoms with Crippen LogP contribution in [0.2, 0.25) is 0 Å². The lowest BCUT2D eigenvalue weighted by Gasteiger charge is -2.39. The first-order valence-electron chi connectivity index (χ1n) is 9.60. The average Bonchev–Trinajstić information content (AvgIpc) is 3.24. The number of aliphatic carboxylic acids is 1. The SMILES string of the molecule is Cc1ccc(-c2ocnc2C(=O)N2CCC(C(=O)O)(c3ccccc3)CC2)cc1. The summed E-state index contributed by atoms with van der Waals surface area (Å²) in [5.41, 5.74) is 1.97. The molecule has 0 spiro atoms. The lowest BCUT2D eigenvalue weighted by Crippen LogP contribution is -2.49. The number of nitrogens with zero attached hydrogens (tertiary/aromatic N) is 2. The molecule has 2 heterocycles. The van der Waals surface area contributed by atoms with E-state index in [1.165, 1.54) is 6.39 Å². The Kier molecular flexibility index (Phi) is 4.92. The predicted molar refractivity (Wildman–Crippen MR) is 108 cm³/mol. The monoisotopic (exact) mass is 390 g/mol. The quantitative estimate of drug-likeness (QED) is 0.730. The molecule has 1 N–H and O–H groups in total. The minimum Gasteiger partial charge on any atom is -0.481 e. The number of carbonyl (C=O) groups is 2. The van der Waals surface area contributed by atoms with Crippen molar-refractivity contribution in [3.05, 3.63) is 77.8 Å². The van der Waals surface area contributed by atoms with Crippen LogP contribution < -0.4 is 0 Å². The van der Waals surface area contributed by atoms with Crippen molar-refractivity contribution >= 4 is 11.9 Å². The van der Waals surface area contributed by atoms with Crippen LogP contribution in [0.4, 0.5) is 0 Å². The van der Waals surface area contributed by atoms with Gasteiger partial charge in [0.15, 0.2) is 17.8 Å². The maximum Gasteiger partial charge on any atom is 0.314 e. The van der Waals surface area contributed by atoms with E-state index in [9.17, 15) is 14.7 Å². The van der Waals surface area contributed by atoms with E-state index in [0.29, 0.717) is 31.7 Å². The lowest BCUT2D eigenvalue weighted by atomic mass is 9.73. The van der Waals surface area contributed by atoms with Crippen molar-refractivity contribution in [1.82, 2.24) is 9.88 Å². The number of hydrogen-bond acceptors (Lipinski definition) is 4. The number of carboxylic acid groups (broad SMARTS) is 1. The van der Waals surface area contributed by atoms with Crippen molar-refractivity contribution in [2.45, 2.75) is 25.2 Å². The van der Waals surface area contributed by atoms with Crippen LogP contribution in [0.5, 0.6) is 0 Å². The number of aromatic nitrogens is 1. The Hall–Kier alpha value is -3.41. The molecule has 0 unspecified atom stereocenters. The zero-order chi connectivity index (χ0) is 20.4. The van der Waals surface area contributed by atoms with Crippen LogP contribution in [0.1, 0.15) is 34.5 Å². The molecule has 0 radical (unpaired) electrons. The van der Waals surface area contributed by atoms with Gasteiger partial charge in [0, 0.05) is 18.7 Å². The molecule has 0 aliphatic carbocycles. The van der Waals surface area contributed by atoms with Gasteiger partial charge in [-0.15, -0.1) is 0 Å². The Balaban J connectivity index is 1.55. The Morgan fingerprint density at radius 3 is 2.31 bits per heavy atom. The number of aryl methyl sites for hydroxylation is 1. The van der Waals surface area contributed by atoms with E-state index in [2.05, 4.69) is 4.98 Å². The summed E-state index contributed by atoms with van der Waals surface area (Å²) >= 11 is 0. The predicted octanol–water partition coefficient (Wildman–Crippen LogP) is 3.91. The molecule has 1 fully saturated rings. The molecule has 148 valence electrons. The van der Waals surface area contributed by atoms with Crippen molar-refractivity contribution in [2.24, 2.45) is 0 Å². The third kappa shape index (κ3) is 3.42. The number of amides is 1. The molecule has 3 aromatic rings. The molecular weight excluding hydrogens is 368 g/mol. The summed E-state index contributed by atoms with van der Waals surface area (Å²) < 4.78 is 5.50. The summed E-state index contributed by atoms with van der Waals surface area (Å²) in [4.78, 5) is 31.0. The van der Waals surface area contributed by atoms with Gasteiger partial charge in [0.1, 0.15) is 0 Å². The van der Waals surface area contributed by atoms with Gasteiger partial charge in [0.05, 0.1) is 5.41 Å². The van der Waals surface area contributed by atoms with E-state index in [-0.39, 0.29) is 11.6 Å². The Morgan fingerprint density at radius 2 is 1.69 bits per heavy atom. The largest absolute Gasteiger partial charge is 0.481 e. The van der Waals surface area contributed by atoms with Crippen LogP contribution in [-0.4, -0.2) is 40.0 Å². The summed E-state index contributed by atoms with van der Waals surface area (Å²) in [7, 11) is 0. The van der Waals surface area contributed by atoms with Crippen LogP contribution in [0, 0.1) is 6.92 Å². The number of benzene rings is 2. The van der Waals surface area contributed by atoms with Crippen LogP contribution in [-0.2, 0) is 10.2 Å². The molecule has 1 aliphatic heterocycles. The first kappa shape index (κ1) is 18.9. The smallest absolute Gasteiger partial charge is 0.314 e. The molecule has 1 saturated heterocycles. The van der Waals surface area contributed by atoms with Crippen LogP contribution >= 0.6 is 0 Å². The van der Waals surface area contributed by atoms with E-state index >= 15 is 0 Å². The van der Waals surface area contributed by atoms with Gasteiger partial charge in [-0.3, -0.25) is 9.59 Å². The number of rotatable bonds is 4. The number of carboxylic acids is 1. The van der Waals surface area contributed by atoms with Gasteiger partial charge in [-0.2, -0.15) is 0 Å². The molecular formula is C23H22N2O4. The Morgan fingerprint density at radius 1 is 1.03 bits per heavy atom. The zero-order valence-corrected chi connectivity index (χ0v) is 16.2. The molecule has 4 rings (SSSR count). The third-order valence-electron chi connectivity index (χ3n) is 5.72. The van der Waals surface area contributed by atoms with E-state index in [1.54, 1.807) is 4.90 Å². The molecule has 29 heavy (non-hydrogen) atoms. The van der Waals surface area contributed by atoms with Crippen LogP contribution in [0.3, 0.4) is 0 Å². The molecule has 1 amide bonds. The van der Waals surface area contributed by atoms with E-state index < -0.39 is 11.4 Å². The highest BCUT2D eigenvalue weighted by Crippen LogP contribution is 2.36. The number of carbonyl (C=O) groups excluding carboxylic acids is 1. The van der Waals surface area contributed by atoms with Gasteiger partial charge in [-0.25, -0.2) is 4.98 Å². The summed E-state index contributed by atoms with van der Waals surface area (Å²) in [5.74, 6) is -0.646. The minimum absolute atomic E-state index is 0.235. The summed E-state index contributed by atoms with van der Waals surface area (Å²) in [5, 5.41) is 9.94. The second-order valence-corrected chi connectivity index (χ2v) is 7.44. The fourth-order valence-electron chi connectivity index (χ4n) is 3.93. The zero-order valence-electron chi connectivity index (χ0n) is 16.2. The standard InChI is InChI=1S/C23H22N2O4/c1-16-7-9-17(10-8-16)20-19(24-15-29-20)21(26)25-13-11-23(12-14-25,22(27)28)18-5-3-2-4-6-18/h2-10,15H,11-14H2,1H3,(H,27,28). The summed E-state index contributed by atoms with van der Waals surface area (Å²) in [6.45, 7) is 2.69. The highest BCUT2D eigenvalue weighted by atomic mass is 16.4. The number of likely N-dealkylation sites (tertiary alicyclic amines) is 1. The fourth-order valence-corrected chi connectivity index (χ4v) is 3.93. The molecule has 0 saturated carbocycles. The van der Waals surface area contributed by atoms with Gasteiger partial charge in [-0.1, -0.05) is 60.2 Å². The Bertz CT molecular complexity index is 1020. The molecule has 0 atom stereocenters. The van der Waals surface area contributed by atoms with Crippen molar-refractivity contribution in [3.63, 3.8) is 0 Å². The van der Waals surface area contributed by atoms with Gasteiger partial charge in [0.25, 0.3) is 5.91 Å². The number of oxazole rings is 1.